The Hall–Kier alpha value is -2.66. The molecule has 2 aromatic rings. The lowest BCUT2D eigenvalue weighted by Gasteiger charge is -2.18. The second kappa shape index (κ2) is 8.57. The standard InChI is InChI=1S/C23H22BrNO3/c1-4-16-6-8-17(9-7-16)14-20-21(23(27)28-5-2)15(3)25(22(20)26)19-12-10-18(24)11-13-19/h6-14H,4-5H2,1-3H3/b20-14-. The summed E-state index contributed by atoms with van der Waals surface area (Å²) >= 11 is 3.41. The molecule has 1 aliphatic heterocycles. The monoisotopic (exact) mass is 439 g/mol. The van der Waals surface area contributed by atoms with Gasteiger partial charge in [-0.2, -0.15) is 0 Å². The topological polar surface area (TPSA) is 46.6 Å². The Bertz CT molecular complexity index is 956. The van der Waals surface area contributed by atoms with Gasteiger partial charge >= 0.3 is 5.97 Å². The maximum atomic E-state index is 13.2. The third-order valence-corrected chi connectivity index (χ3v) is 5.19. The Kier molecular flexibility index (Phi) is 6.15. The molecule has 0 aromatic heterocycles. The van der Waals surface area contributed by atoms with Gasteiger partial charge in [0.15, 0.2) is 0 Å². The highest BCUT2D eigenvalue weighted by molar-refractivity contribution is 9.10. The van der Waals surface area contributed by atoms with Gasteiger partial charge in [0.2, 0.25) is 0 Å². The van der Waals surface area contributed by atoms with E-state index < -0.39 is 5.97 Å². The van der Waals surface area contributed by atoms with E-state index in [-0.39, 0.29) is 12.5 Å². The van der Waals surface area contributed by atoms with Gasteiger partial charge in [-0.25, -0.2) is 4.79 Å². The van der Waals surface area contributed by atoms with Crippen LogP contribution in [0.1, 0.15) is 31.9 Å². The average Bonchev–Trinajstić information content (AvgIpc) is 2.93. The van der Waals surface area contributed by atoms with Crippen molar-refractivity contribution < 1.29 is 14.3 Å². The molecule has 3 rings (SSSR count). The quantitative estimate of drug-likeness (QED) is 0.470. The summed E-state index contributed by atoms with van der Waals surface area (Å²) in [6.45, 7) is 5.87. The number of nitrogens with zero attached hydrogens (tertiary/aromatic N) is 1. The Labute approximate surface area is 173 Å². The molecule has 0 bridgehead atoms. The van der Waals surface area contributed by atoms with Gasteiger partial charge in [-0.3, -0.25) is 9.69 Å². The van der Waals surface area contributed by atoms with Crippen LogP contribution >= 0.6 is 15.9 Å². The maximum absolute atomic E-state index is 13.2. The van der Waals surface area contributed by atoms with Gasteiger partial charge in [0, 0.05) is 15.9 Å². The zero-order chi connectivity index (χ0) is 20.3. The number of hydrogen-bond acceptors (Lipinski definition) is 3. The Morgan fingerprint density at radius 3 is 2.29 bits per heavy atom. The average molecular weight is 440 g/mol. The highest BCUT2D eigenvalue weighted by Gasteiger charge is 2.38. The first-order valence-electron chi connectivity index (χ1n) is 9.25. The number of carbonyl (C=O) groups excluding carboxylic acids is 2. The van der Waals surface area contributed by atoms with Gasteiger partial charge in [-0.1, -0.05) is 47.1 Å². The molecule has 0 radical (unpaired) electrons. The molecule has 0 saturated heterocycles. The van der Waals surface area contributed by atoms with Crippen LogP contribution < -0.4 is 4.90 Å². The Morgan fingerprint density at radius 1 is 1.07 bits per heavy atom. The molecule has 1 aliphatic rings. The van der Waals surface area contributed by atoms with Crippen LogP contribution in [0.25, 0.3) is 6.08 Å². The molecule has 1 amide bonds. The lowest BCUT2D eigenvalue weighted by atomic mass is 10.0. The van der Waals surface area contributed by atoms with Crippen molar-refractivity contribution in [1.29, 1.82) is 0 Å². The van der Waals surface area contributed by atoms with E-state index in [0.717, 1.165) is 16.5 Å². The summed E-state index contributed by atoms with van der Waals surface area (Å²) in [6.07, 6.45) is 2.70. The first kappa shape index (κ1) is 20.1. The first-order valence-corrected chi connectivity index (χ1v) is 10.0. The smallest absolute Gasteiger partial charge is 0.340 e. The molecule has 4 nitrogen and oxygen atoms in total. The molecule has 1 heterocycles. The molecule has 5 heteroatoms. The van der Waals surface area contributed by atoms with Crippen LogP contribution in [0, 0.1) is 0 Å². The van der Waals surface area contributed by atoms with Gasteiger partial charge < -0.3 is 4.74 Å². The highest BCUT2D eigenvalue weighted by atomic mass is 79.9. The predicted molar refractivity (Wildman–Crippen MR) is 115 cm³/mol. The minimum atomic E-state index is -0.482. The molecule has 0 saturated carbocycles. The van der Waals surface area contributed by atoms with E-state index in [2.05, 4.69) is 22.9 Å². The number of halogens is 1. The fraction of sp³-hybridized carbons (Fsp3) is 0.217. The molecule has 144 valence electrons. The number of rotatable bonds is 5. The van der Waals surface area contributed by atoms with E-state index in [9.17, 15) is 9.59 Å². The molecule has 0 unspecified atom stereocenters. The van der Waals surface area contributed by atoms with Crippen molar-refractivity contribution >= 4 is 39.6 Å². The molecule has 2 aromatic carbocycles. The van der Waals surface area contributed by atoms with E-state index in [1.807, 2.05) is 48.5 Å². The summed E-state index contributed by atoms with van der Waals surface area (Å²) in [4.78, 5) is 27.4. The van der Waals surface area contributed by atoms with E-state index >= 15 is 0 Å². The van der Waals surface area contributed by atoms with Crippen LogP contribution in [0.2, 0.25) is 0 Å². The Balaban J connectivity index is 2.08. The lowest BCUT2D eigenvalue weighted by Crippen LogP contribution is -2.24. The number of hydrogen-bond donors (Lipinski definition) is 0. The summed E-state index contributed by atoms with van der Waals surface area (Å²) in [5, 5.41) is 0. The molecule has 0 aliphatic carbocycles. The number of amides is 1. The van der Waals surface area contributed by atoms with Gasteiger partial charge in [0.05, 0.1) is 17.8 Å². The largest absolute Gasteiger partial charge is 0.462 e. The van der Waals surface area contributed by atoms with Crippen LogP contribution in [-0.2, 0) is 20.7 Å². The summed E-state index contributed by atoms with van der Waals surface area (Å²) < 4.78 is 6.15. The lowest BCUT2D eigenvalue weighted by molar-refractivity contribution is -0.138. The molecule has 28 heavy (non-hydrogen) atoms. The number of esters is 1. The van der Waals surface area contributed by atoms with Crippen LogP contribution in [0.5, 0.6) is 0 Å². The van der Waals surface area contributed by atoms with Crippen molar-refractivity contribution in [3.63, 3.8) is 0 Å². The molecule has 0 N–H and O–H groups in total. The second-order valence-electron chi connectivity index (χ2n) is 6.45. The zero-order valence-corrected chi connectivity index (χ0v) is 17.7. The third kappa shape index (κ3) is 3.94. The van der Waals surface area contributed by atoms with Gasteiger partial charge in [0.25, 0.3) is 5.91 Å². The summed E-state index contributed by atoms with van der Waals surface area (Å²) in [5.74, 6) is -0.716. The number of aryl methyl sites for hydroxylation is 1. The predicted octanol–water partition coefficient (Wildman–Crippen LogP) is 5.28. The first-order chi connectivity index (χ1) is 13.5. The Morgan fingerprint density at radius 2 is 1.71 bits per heavy atom. The summed E-state index contributed by atoms with van der Waals surface area (Å²) in [7, 11) is 0. The number of ether oxygens (including phenoxy) is 1. The van der Waals surface area contributed by atoms with Crippen LogP contribution in [-0.4, -0.2) is 18.5 Å². The number of anilines is 1. The highest BCUT2D eigenvalue weighted by Crippen LogP contribution is 2.35. The van der Waals surface area contributed by atoms with E-state index in [4.69, 9.17) is 4.74 Å². The van der Waals surface area contributed by atoms with Gasteiger partial charge in [-0.15, -0.1) is 0 Å². The van der Waals surface area contributed by atoms with Gasteiger partial charge in [-0.05, 0) is 61.7 Å². The summed E-state index contributed by atoms with van der Waals surface area (Å²) in [6, 6.07) is 15.4. The zero-order valence-electron chi connectivity index (χ0n) is 16.2. The number of carbonyl (C=O) groups is 2. The van der Waals surface area contributed by atoms with Crippen molar-refractivity contribution in [2.45, 2.75) is 27.2 Å². The van der Waals surface area contributed by atoms with E-state index in [1.165, 1.54) is 5.56 Å². The van der Waals surface area contributed by atoms with E-state index in [1.54, 1.807) is 24.8 Å². The SMILES string of the molecule is CCOC(=O)C1=C(C)N(c2ccc(Br)cc2)C(=O)/C1=C\c1ccc(CC)cc1. The number of allylic oxidation sites excluding steroid dienone is 1. The number of benzene rings is 2. The van der Waals surface area contributed by atoms with Crippen molar-refractivity contribution in [2.24, 2.45) is 0 Å². The fourth-order valence-corrected chi connectivity index (χ4v) is 3.46. The van der Waals surface area contributed by atoms with Crippen LogP contribution in [0.4, 0.5) is 5.69 Å². The minimum absolute atomic E-state index is 0.234. The molecule has 0 fully saturated rings. The van der Waals surface area contributed by atoms with Crippen molar-refractivity contribution in [1.82, 2.24) is 0 Å². The van der Waals surface area contributed by atoms with Crippen molar-refractivity contribution in [3.05, 3.63) is 81.0 Å². The second-order valence-corrected chi connectivity index (χ2v) is 7.37. The maximum Gasteiger partial charge on any atom is 0.340 e. The molecule has 0 atom stereocenters. The normalized spacial score (nSPS) is 15.5. The van der Waals surface area contributed by atoms with Crippen molar-refractivity contribution in [2.75, 3.05) is 11.5 Å². The van der Waals surface area contributed by atoms with Crippen LogP contribution in [0.3, 0.4) is 0 Å². The van der Waals surface area contributed by atoms with Crippen LogP contribution in [0.15, 0.2) is 69.8 Å². The molecular formula is C23H22BrNO3. The van der Waals surface area contributed by atoms with Gasteiger partial charge in [0.1, 0.15) is 0 Å². The third-order valence-electron chi connectivity index (χ3n) is 4.66. The van der Waals surface area contributed by atoms with Crippen molar-refractivity contribution in [3.8, 4) is 0 Å². The summed E-state index contributed by atoms with van der Waals surface area (Å²) in [5.41, 5.74) is 4.03. The fourth-order valence-electron chi connectivity index (χ4n) is 3.20. The minimum Gasteiger partial charge on any atom is -0.462 e. The molecular weight excluding hydrogens is 418 g/mol. The van der Waals surface area contributed by atoms with E-state index in [0.29, 0.717) is 22.5 Å². The molecule has 0 spiro atoms.